The Morgan fingerprint density at radius 3 is 2.44 bits per heavy atom. The summed E-state index contributed by atoms with van der Waals surface area (Å²) in [6.45, 7) is 5.76. The third-order valence-corrected chi connectivity index (χ3v) is 3.57. The second kappa shape index (κ2) is 7.52. The fourth-order valence-corrected chi connectivity index (χ4v) is 2.30. The number of aryl methyl sites for hydroxylation is 1. The van der Waals surface area contributed by atoms with Crippen LogP contribution in [0.2, 0.25) is 0 Å². The van der Waals surface area contributed by atoms with Gasteiger partial charge in [-0.15, -0.1) is 0 Å². The van der Waals surface area contributed by atoms with Gasteiger partial charge in [0.05, 0.1) is 0 Å². The highest BCUT2D eigenvalue weighted by molar-refractivity contribution is 5.14. The summed E-state index contributed by atoms with van der Waals surface area (Å²) >= 11 is 0. The zero-order chi connectivity index (χ0) is 12.6. The first-order valence-electron chi connectivity index (χ1n) is 7.05. The molecule has 0 radical (unpaired) electrons. The Morgan fingerprint density at radius 2 is 1.72 bits per heavy atom. The standard InChI is InChI=1S/C15H25N3/c1-17-11-13-18(14-12-17)16-10-6-5-9-15-7-3-2-4-8-15/h2-4,7-8,16H,5-6,9-14H2,1H3. The molecular formula is C15H25N3. The average Bonchev–Trinajstić information content (AvgIpc) is 2.42. The maximum Gasteiger partial charge on any atom is 0.0259 e. The third-order valence-electron chi connectivity index (χ3n) is 3.57. The summed E-state index contributed by atoms with van der Waals surface area (Å²) in [7, 11) is 2.19. The van der Waals surface area contributed by atoms with Crippen LogP contribution >= 0.6 is 0 Å². The third kappa shape index (κ3) is 4.77. The van der Waals surface area contributed by atoms with Crippen molar-refractivity contribution in [1.82, 2.24) is 15.3 Å². The van der Waals surface area contributed by atoms with Crippen molar-refractivity contribution < 1.29 is 0 Å². The van der Waals surface area contributed by atoms with Gasteiger partial charge < -0.3 is 4.90 Å². The lowest BCUT2D eigenvalue weighted by atomic mass is 10.1. The van der Waals surface area contributed by atoms with E-state index >= 15 is 0 Å². The average molecular weight is 247 g/mol. The van der Waals surface area contributed by atoms with Crippen molar-refractivity contribution in [2.75, 3.05) is 39.8 Å². The number of benzene rings is 1. The minimum absolute atomic E-state index is 1.11. The number of unbranched alkanes of at least 4 members (excludes halogenated alkanes) is 1. The van der Waals surface area contributed by atoms with E-state index in [9.17, 15) is 0 Å². The SMILES string of the molecule is CN1CCN(NCCCCc2ccccc2)CC1. The molecule has 0 atom stereocenters. The van der Waals surface area contributed by atoms with Crippen LogP contribution in [0.15, 0.2) is 30.3 Å². The highest BCUT2D eigenvalue weighted by Crippen LogP contribution is 2.04. The number of nitrogens with one attached hydrogen (secondary N) is 1. The minimum atomic E-state index is 1.11. The number of piperazine rings is 1. The van der Waals surface area contributed by atoms with Crippen molar-refractivity contribution in [2.24, 2.45) is 0 Å². The molecule has 1 aliphatic heterocycles. The molecule has 1 aromatic carbocycles. The molecule has 3 heteroatoms. The summed E-state index contributed by atoms with van der Waals surface area (Å²) in [4.78, 5) is 2.38. The normalized spacial score (nSPS) is 18.1. The number of hydrazine groups is 1. The first-order chi connectivity index (χ1) is 8.84. The van der Waals surface area contributed by atoms with E-state index in [1.807, 2.05) is 0 Å². The topological polar surface area (TPSA) is 18.5 Å². The maximum atomic E-state index is 3.54. The van der Waals surface area contributed by atoms with Gasteiger partial charge in [-0.2, -0.15) is 0 Å². The number of hydrogen-bond donors (Lipinski definition) is 1. The molecule has 1 aromatic rings. The second-order valence-electron chi connectivity index (χ2n) is 5.14. The summed E-state index contributed by atoms with van der Waals surface area (Å²) in [5, 5.41) is 2.36. The Hall–Kier alpha value is -0.900. The molecular weight excluding hydrogens is 222 g/mol. The summed E-state index contributed by atoms with van der Waals surface area (Å²) in [5.41, 5.74) is 4.99. The van der Waals surface area contributed by atoms with E-state index in [0.29, 0.717) is 0 Å². The fourth-order valence-electron chi connectivity index (χ4n) is 2.30. The van der Waals surface area contributed by atoms with Crippen LogP contribution in [0.3, 0.4) is 0 Å². The van der Waals surface area contributed by atoms with Gasteiger partial charge in [-0.3, -0.25) is 5.43 Å². The number of rotatable bonds is 6. The molecule has 0 spiro atoms. The highest BCUT2D eigenvalue weighted by Gasteiger charge is 2.12. The molecule has 0 aromatic heterocycles. The molecule has 0 saturated carbocycles. The van der Waals surface area contributed by atoms with Crippen LogP contribution in [0.4, 0.5) is 0 Å². The zero-order valence-corrected chi connectivity index (χ0v) is 11.4. The maximum absolute atomic E-state index is 3.54. The Labute approximate surface area is 111 Å². The summed E-state index contributed by atoms with van der Waals surface area (Å²) in [5.74, 6) is 0. The van der Waals surface area contributed by atoms with Crippen molar-refractivity contribution in [1.29, 1.82) is 0 Å². The van der Waals surface area contributed by atoms with Crippen LogP contribution in [0.5, 0.6) is 0 Å². The first kappa shape index (κ1) is 13.5. The Bertz CT molecular complexity index is 318. The van der Waals surface area contributed by atoms with Crippen LogP contribution in [0.25, 0.3) is 0 Å². The molecule has 18 heavy (non-hydrogen) atoms. The molecule has 1 aliphatic rings. The molecule has 1 saturated heterocycles. The molecule has 0 unspecified atom stereocenters. The van der Waals surface area contributed by atoms with Gasteiger partial charge in [-0.25, -0.2) is 5.01 Å². The predicted octanol–water partition coefficient (Wildman–Crippen LogP) is 1.76. The van der Waals surface area contributed by atoms with E-state index in [0.717, 1.165) is 19.6 Å². The van der Waals surface area contributed by atoms with E-state index in [2.05, 4.69) is 52.7 Å². The smallest absolute Gasteiger partial charge is 0.0259 e. The van der Waals surface area contributed by atoms with Gasteiger partial charge in [-0.05, 0) is 31.9 Å². The van der Waals surface area contributed by atoms with Gasteiger partial charge in [-0.1, -0.05) is 30.3 Å². The lowest BCUT2D eigenvalue weighted by Crippen LogP contribution is -2.50. The highest BCUT2D eigenvalue weighted by atomic mass is 15.5. The number of hydrogen-bond acceptors (Lipinski definition) is 3. The van der Waals surface area contributed by atoms with Crippen molar-refractivity contribution in [3.05, 3.63) is 35.9 Å². The molecule has 2 rings (SSSR count). The van der Waals surface area contributed by atoms with Crippen LogP contribution in [-0.4, -0.2) is 49.7 Å². The van der Waals surface area contributed by atoms with Crippen molar-refractivity contribution in [2.45, 2.75) is 19.3 Å². The summed E-state index contributed by atoms with van der Waals surface area (Å²) in [6.07, 6.45) is 3.72. The quantitative estimate of drug-likeness (QED) is 0.773. The van der Waals surface area contributed by atoms with Gasteiger partial charge in [0.15, 0.2) is 0 Å². The van der Waals surface area contributed by atoms with Crippen molar-refractivity contribution >= 4 is 0 Å². The summed E-state index contributed by atoms with van der Waals surface area (Å²) < 4.78 is 0. The van der Waals surface area contributed by atoms with Crippen LogP contribution in [-0.2, 0) is 6.42 Å². The largest absolute Gasteiger partial charge is 0.304 e. The monoisotopic (exact) mass is 247 g/mol. The molecule has 0 aliphatic carbocycles. The van der Waals surface area contributed by atoms with E-state index in [1.165, 1.54) is 37.9 Å². The Kier molecular flexibility index (Phi) is 5.65. The lowest BCUT2D eigenvalue weighted by molar-refractivity contribution is 0.104. The van der Waals surface area contributed by atoms with Gasteiger partial charge in [0.2, 0.25) is 0 Å². The first-order valence-corrected chi connectivity index (χ1v) is 7.05. The van der Waals surface area contributed by atoms with Crippen molar-refractivity contribution in [3.8, 4) is 0 Å². The van der Waals surface area contributed by atoms with Crippen LogP contribution < -0.4 is 5.43 Å². The zero-order valence-electron chi connectivity index (χ0n) is 11.4. The predicted molar refractivity (Wildman–Crippen MR) is 76.5 cm³/mol. The van der Waals surface area contributed by atoms with Gasteiger partial charge >= 0.3 is 0 Å². The number of nitrogens with zero attached hydrogens (tertiary/aromatic N) is 2. The Morgan fingerprint density at radius 1 is 1.00 bits per heavy atom. The van der Waals surface area contributed by atoms with E-state index in [-0.39, 0.29) is 0 Å². The van der Waals surface area contributed by atoms with E-state index in [4.69, 9.17) is 0 Å². The van der Waals surface area contributed by atoms with Crippen molar-refractivity contribution in [3.63, 3.8) is 0 Å². The van der Waals surface area contributed by atoms with E-state index in [1.54, 1.807) is 0 Å². The number of likely N-dealkylation sites (N-methyl/N-ethyl adjacent to an activating group) is 1. The molecule has 100 valence electrons. The molecule has 3 nitrogen and oxygen atoms in total. The van der Waals surface area contributed by atoms with Gasteiger partial charge in [0.25, 0.3) is 0 Å². The minimum Gasteiger partial charge on any atom is -0.304 e. The molecule has 0 amide bonds. The lowest BCUT2D eigenvalue weighted by Gasteiger charge is -2.32. The van der Waals surface area contributed by atoms with E-state index < -0.39 is 0 Å². The van der Waals surface area contributed by atoms with Crippen LogP contribution in [0.1, 0.15) is 18.4 Å². The summed E-state index contributed by atoms with van der Waals surface area (Å²) in [6, 6.07) is 10.8. The second-order valence-corrected chi connectivity index (χ2v) is 5.14. The molecule has 0 bridgehead atoms. The van der Waals surface area contributed by atoms with Gasteiger partial charge in [0, 0.05) is 32.7 Å². The fraction of sp³-hybridized carbons (Fsp3) is 0.600. The molecule has 1 fully saturated rings. The van der Waals surface area contributed by atoms with Gasteiger partial charge in [0.1, 0.15) is 0 Å². The molecule has 1 heterocycles. The Balaban J connectivity index is 1.51. The van der Waals surface area contributed by atoms with Crippen LogP contribution in [0, 0.1) is 0 Å². The molecule has 1 N–H and O–H groups in total.